The van der Waals surface area contributed by atoms with Crippen molar-refractivity contribution in [1.29, 1.82) is 0 Å². The second-order valence-electron chi connectivity index (χ2n) is 2.61. The molecule has 4 heteroatoms. The Hall–Kier alpha value is -1.21. The molecule has 0 bridgehead atoms. The minimum absolute atomic E-state index is 0.299. The number of hydrogen-bond donors (Lipinski definition) is 0. The standard InChI is InChI=1S/C10H10BrNO2/c1-12-6-8-9(11)4-7(13-2)5-10(8)14-3/h4-5H,6H2,2-3H3. The molecule has 0 heterocycles. The molecule has 0 fully saturated rings. The van der Waals surface area contributed by atoms with Gasteiger partial charge < -0.3 is 14.3 Å². The van der Waals surface area contributed by atoms with Crippen molar-refractivity contribution in [2.24, 2.45) is 0 Å². The third-order valence-electron chi connectivity index (χ3n) is 1.82. The molecule has 0 aliphatic carbocycles. The molecule has 0 saturated carbocycles. The van der Waals surface area contributed by atoms with Crippen LogP contribution in [0.15, 0.2) is 16.6 Å². The van der Waals surface area contributed by atoms with Crippen LogP contribution in [0.4, 0.5) is 0 Å². The second-order valence-corrected chi connectivity index (χ2v) is 3.46. The van der Waals surface area contributed by atoms with Crippen LogP contribution in [0.2, 0.25) is 0 Å². The van der Waals surface area contributed by atoms with Gasteiger partial charge in [-0.1, -0.05) is 0 Å². The van der Waals surface area contributed by atoms with Gasteiger partial charge >= 0.3 is 0 Å². The van der Waals surface area contributed by atoms with Gasteiger partial charge in [0.1, 0.15) is 11.5 Å². The molecule has 1 aromatic rings. The lowest BCUT2D eigenvalue weighted by Gasteiger charge is -2.08. The van der Waals surface area contributed by atoms with E-state index >= 15 is 0 Å². The number of nitrogens with zero attached hydrogens (tertiary/aromatic N) is 1. The fourth-order valence-electron chi connectivity index (χ4n) is 1.12. The van der Waals surface area contributed by atoms with Crippen LogP contribution in [0.1, 0.15) is 5.56 Å². The van der Waals surface area contributed by atoms with E-state index < -0.39 is 0 Å². The van der Waals surface area contributed by atoms with E-state index in [-0.39, 0.29) is 0 Å². The first-order chi connectivity index (χ1) is 6.72. The molecule has 0 radical (unpaired) electrons. The Morgan fingerprint density at radius 2 is 2.07 bits per heavy atom. The van der Waals surface area contributed by atoms with Crippen molar-refractivity contribution in [3.05, 3.63) is 33.6 Å². The van der Waals surface area contributed by atoms with Crippen LogP contribution >= 0.6 is 15.9 Å². The molecule has 0 aromatic heterocycles. The first kappa shape index (κ1) is 10.9. The monoisotopic (exact) mass is 255 g/mol. The Kier molecular flexibility index (Phi) is 3.78. The van der Waals surface area contributed by atoms with E-state index in [0.717, 1.165) is 10.0 Å². The summed E-state index contributed by atoms with van der Waals surface area (Å²) in [6, 6.07) is 3.59. The fraction of sp³-hybridized carbons (Fsp3) is 0.300. The fourth-order valence-corrected chi connectivity index (χ4v) is 1.67. The predicted molar refractivity (Wildman–Crippen MR) is 57.6 cm³/mol. The van der Waals surface area contributed by atoms with Gasteiger partial charge in [0.2, 0.25) is 6.54 Å². The zero-order valence-corrected chi connectivity index (χ0v) is 9.59. The zero-order valence-electron chi connectivity index (χ0n) is 8.00. The SMILES string of the molecule is [C-]#[N+]Cc1c(Br)cc(OC)cc1OC. The van der Waals surface area contributed by atoms with Gasteiger partial charge in [0.15, 0.2) is 0 Å². The molecule has 0 saturated heterocycles. The van der Waals surface area contributed by atoms with E-state index in [2.05, 4.69) is 20.8 Å². The van der Waals surface area contributed by atoms with Gasteiger partial charge in [-0.25, -0.2) is 6.57 Å². The Morgan fingerprint density at radius 1 is 1.36 bits per heavy atom. The summed E-state index contributed by atoms with van der Waals surface area (Å²) in [5.74, 6) is 1.38. The van der Waals surface area contributed by atoms with Crippen molar-refractivity contribution in [3.63, 3.8) is 0 Å². The maximum absolute atomic E-state index is 6.82. The van der Waals surface area contributed by atoms with Crippen LogP contribution in [0.3, 0.4) is 0 Å². The second kappa shape index (κ2) is 4.87. The number of benzene rings is 1. The molecule has 0 spiro atoms. The largest absolute Gasteiger partial charge is 0.497 e. The highest BCUT2D eigenvalue weighted by Gasteiger charge is 2.12. The summed E-state index contributed by atoms with van der Waals surface area (Å²) >= 11 is 3.38. The first-order valence-electron chi connectivity index (χ1n) is 3.96. The molecule has 0 atom stereocenters. The quantitative estimate of drug-likeness (QED) is 0.776. The van der Waals surface area contributed by atoms with E-state index in [9.17, 15) is 0 Å². The summed E-state index contributed by atoms with van der Waals surface area (Å²) in [6.45, 7) is 7.12. The van der Waals surface area contributed by atoms with E-state index in [1.165, 1.54) is 0 Å². The van der Waals surface area contributed by atoms with Gasteiger partial charge in [0.05, 0.1) is 19.8 Å². The van der Waals surface area contributed by atoms with Crippen molar-refractivity contribution >= 4 is 15.9 Å². The van der Waals surface area contributed by atoms with Crippen LogP contribution in [-0.2, 0) is 6.54 Å². The summed E-state index contributed by atoms with van der Waals surface area (Å²) in [5.41, 5.74) is 0.850. The third kappa shape index (κ3) is 2.18. The molecule has 3 nitrogen and oxygen atoms in total. The minimum atomic E-state index is 0.299. The van der Waals surface area contributed by atoms with E-state index in [1.807, 2.05) is 6.07 Å². The van der Waals surface area contributed by atoms with Gasteiger partial charge in [-0.05, 0) is 22.0 Å². The number of methoxy groups -OCH3 is 2. The summed E-state index contributed by atoms with van der Waals surface area (Å²) in [6.07, 6.45) is 0. The normalized spacial score (nSPS) is 9.29. The number of ether oxygens (including phenoxy) is 2. The molecule has 0 aliphatic rings. The molecule has 0 unspecified atom stereocenters. The summed E-state index contributed by atoms with van der Waals surface area (Å²) in [5, 5.41) is 0. The van der Waals surface area contributed by atoms with Gasteiger partial charge in [-0.2, -0.15) is 0 Å². The third-order valence-corrected chi connectivity index (χ3v) is 2.53. The molecule has 14 heavy (non-hydrogen) atoms. The Labute approximate surface area is 91.6 Å². The van der Waals surface area contributed by atoms with Gasteiger partial charge in [0, 0.05) is 10.5 Å². The van der Waals surface area contributed by atoms with Crippen molar-refractivity contribution in [2.75, 3.05) is 14.2 Å². The zero-order chi connectivity index (χ0) is 10.6. The molecule has 1 aromatic carbocycles. The molecule has 0 aliphatic heterocycles. The predicted octanol–water partition coefficient (Wildman–Crippen LogP) is 2.89. The highest BCUT2D eigenvalue weighted by Crippen LogP contribution is 2.32. The van der Waals surface area contributed by atoms with Crippen LogP contribution in [-0.4, -0.2) is 14.2 Å². The molecule has 1 rings (SSSR count). The van der Waals surface area contributed by atoms with Crippen molar-refractivity contribution in [3.8, 4) is 11.5 Å². The highest BCUT2D eigenvalue weighted by atomic mass is 79.9. The lowest BCUT2D eigenvalue weighted by Crippen LogP contribution is -1.93. The van der Waals surface area contributed by atoms with Crippen molar-refractivity contribution < 1.29 is 9.47 Å². The Morgan fingerprint density at radius 3 is 2.57 bits per heavy atom. The maximum Gasteiger partial charge on any atom is 0.244 e. The maximum atomic E-state index is 6.82. The molecule has 0 N–H and O–H groups in total. The average Bonchev–Trinajstić information content (AvgIpc) is 2.20. The van der Waals surface area contributed by atoms with Crippen LogP contribution in [0, 0.1) is 6.57 Å². The average molecular weight is 256 g/mol. The summed E-state index contributed by atoms with van der Waals surface area (Å²) in [7, 11) is 3.17. The first-order valence-corrected chi connectivity index (χ1v) is 4.75. The molecule has 74 valence electrons. The summed E-state index contributed by atoms with van der Waals surface area (Å²) in [4.78, 5) is 3.33. The van der Waals surface area contributed by atoms with Crippen LogP contribution in [0.5, 0.6) is 11.5 Å². The van der Waals surface area contributed by atoms with E-state index in [0.29, 0.717) is 18.0 Å². The lowest BCUT2D eigenvalue weighted by atomic mass is 10.2. The molecule has 0 amide bonds. The van der Waals surface area contributed by atoms with Crippen LogP contribution in [0.25, 0.3) is 4.85 Å². The Balaban J connectivity index is 3.21. The van der Waals surface area contributed by atoms with E-state index in [1.54, 1.807) is 20.3 Å². The smallest absolute Gasteiger partial charge is 0.244 e. The molecular formula is C10H10BrNO2. The van der Waals surface area contributed by atoms with Crippen molar-refractivity contribution in [1.82, 2.24) is 0 Å². The minimum Gasteiger partial charge on any atom is -0.497 e. The number of halogens is 1. The van der Waals surface area contributed by atoms with Crippen molar-refractivity contribution in [2.45, 2.75) is 6.54 Å². The number of hydrogen-bond acceptors (Lipinski definition) is 2. The van der Waals surface area contributed by atoms with Crippen LogP contribution < -0.4 is 9.47 Å². The number of rotatable bonds is 3. The Bertz CT molecular complexity index is 371. The topological polar surface area (TPSA) is 22.8 Å². The highest BCUT2D eigenvalue weighted by molar-refractivity contribution is 9.10. The lowest BCUT2D eigenvalue weighted by molar-refractivity contribution is 0.391. The van der Waals surface area contributed by atoms with Gasteiger partial charge in [-0.15, -0.1) is 0 Å². The molecular weight excluding hydrogens is 246 g/mol. The summed E-state index contributed by atoms with van der Waals surface area (Å²) < 4.78 is 11.1. The van der Waals surface area contributed by atoms with Gasteiger partial charge in [-0.3, -0.25) is 0 Å². The van der Waals surface area contributed by atoms with Gasteiger partial charge in [0.25, 0.3) is 0 Å². The van der Waals surface area contributed by atoms with E-state index in [4.69, 9.17) is 16.0 Å².